The van der Waals surface area contributed by atoms with E-state index in [-0.39, 0.29) is 12.2 Å². The van der Waals surface area contributed by atoms with Crippen LogP contribution in [0.4, 0.5) is 32.0 Å². The van der Waals surface area contributed by atoms with Crippen LogP contribution in [0, 0.1) is 12.3 Å². The molecule has 0 fully saturated rings. The molecule has 0 radical (unpaired) electrons. The van der Waals surface area contributed by atoms with Crippen molar-refractivity contribution in [3.63, 3.8) is 0 Å². The Kier molecular flexibility index (Phi) is 15.4. The number of unbranched alkanes of at least 4 members (excludes halogenated alkanes) is 1. The third-order valence-corrected chi connectivity index (χ3v) is 4.56. The molecule has 0 saturated heterocycles. The standard InChI is InChI=1S/C13H17F3N2.C8H16O2.C5H9F3/c1-4-5-6-9(2)17-11-7-8-12(13(14,15)16)18-10(11)3;1-4-5-7(9)6-8(2,3)10;1-4(2,3)5(6,7)8/h7-8H,4-6H2,1-3H3;10H,4-6H2,1-3H3;1-3H3. The molecule has 4 nitrogen and oxygen atoms in total. The Morgan fingerprint density at radius 2 is 1.44 bits per heavy atom. The number of aliphatic hydroxyl groups is 1. The number of hydrogen-bond donors (Lipinski definition) is 1. The van der Waals surface area contributed by atoms with Crippen LogP contribution in [0.1, 0.15) is 105 Å². The predicted molar refractivity (Wildman–Crippen MR) is 133 cm³/mol. The van der Waals surface area contributed by atoms with Gasteiger partial charge in [-0.15, -0.1) is 0 Å². The molecular weight excluding hydrogens is 486 g/mol. The van der Waals surface area contributed by atoms with Crippen molar-refractivity contribution in [2.24, 2.45) is 10.4 Å². The Labute approximate surface area is 211 Å². The van der Waals surface area contributed by atoms with Crippen molar-refractivity contribution in [2.75, 3.05) is 0 Å². The topological polar surface area (TPSA) is 62.5 Å². The number of aliphatic imine (C=N–C) groups is 1. The highest BCUT2D eigenvalue weighted by molar-refractivity contribution is 5.84. The van der Waals surface area contributed by atoms with Gasteiger partial charge in [0.2, 0.25) is 0 Å². The van der Waals surface area contributed by atoms with Gasteiger partial charge in [0.05, 0.1) is 22.4 Å². The van der Waals surface area contributed by atoms with Crippen LogP contribution >= 0.6 is 0 Å². The maximum Gasteiger partial charge on any atom is 0.433 e. The maximum atomic E-state index is 12.4. The summed E-state index contributed by atoms with van der Waals surface area (Å²) in [7, 11) is 0. The zero-order chi connectivity index (χ0) is 29.0. The fourth-order valence-corrected chi connectivity index (χ4v) is 2.37. The number of pyridine rings is 1. The van der Waals surface area contributed by atoms with Gasteiger partial charge in [0, 0.05) is 18.6 Å². The molecule has 0 spiro atoms. The third-order valence-electron chi connectivity index (χ3n) is 4.56. The van der Waals surface area contributed by atoms with Crippen molar-refractivity contribution in [2.45, 2.75) is 119 Å². The van der Waals surface area contributed by atoms with Gasteiger partial charge in [-0.2, -0.15) is 26.3 Å². The zero-order valence-electron chi connectivity index (χ0n) is 22.9. The molecule has 36 heavy (non-hydrogen) atoms. The summed E-state index contributed by atoms with van der Waals surface area (Å²) in [5.41, 5.74) is -1.52. The molecule has 0 saturated carbocycles. The van der Waals surface area contributed by atoms with E-state index in [1.165, 1.54) is 6.07 Å². The minimum atomic E-state index is -4.40. The number of rotatable bonds is 8. The smallest absolute Gasteiger partial charge is 0.390 e. The summed E-state index contributed by atoms with van der Waals surface area (Å²) in [6.45, 7) is 14.2. The number of hydrogen-bond acceptors (Lipinski definition) is 4. The highest BCUT2D eigenvalue weighted by atomic mass is 19.4. The summed E-state index contributed by atoms with van der Waals surface area (Å²) in [6.07, 6.45) is -3.77. The van der Waals surface area contributed by atoms with E-state index >= 15 is 0 Å². The molecule has 0 amide bonds. The number of alkyl halides is 6. The Morgan fingerprint density at radius 1 is 0.944 bits per heavy atom. The van der Waals surface area contributed by atoms with E-state index in [9.17, 15) is 36.2 Å². The third kappa shape index (κ3) is 17.5. The first-order valence-electron chi connectivity index (χ1n) is 11.9. The van der Waals surface area contributed by atoms with Crippen LogP contribution in [-0.4, -0.2) is 33.4 Å². The minimum Gasteiger partial charge on any atom is -0.390 e. The summed E-state index contributed by atoms with van der Waals surface area (Å²) in [5.74, 6) is 0.148. The second kappa shape index (κ2) is 15.3. The number of halogens is 6. The van der Waals surface area contributed by atoms with Gasteiger partial charge >= 0.3 is 12.4 Å². The quantitative estimate of drug-likeness (QED) is 0.271. The molecule has 1 rings (SSSR count). The number of aryl methyl sites for hydroxylation is 1. The van der Waals surface area contributed by atoms with Crippen molar-refractivity contribution < 1.29 is 36.2 Å². The zero-order valence-corrected chi connectivity index (χ0v) is 22.9. The molecule has 210 valence electrons. The monoisotopic (exact) mass is 528 g/mol. The molecule has 1 heterocycles. The first-order valence-corrected chi connectivity index (χ1v) is 11.9. The fourth-order valence-electron chi connectivity index (χ4n) is 2.37. The first-order chi connectivity index (χ1) is 16.0. The lowest BCUT2D eigenvalue weighted by atomic mass is 9.96. The molecule has 0 aliphatic carbocycles. The highest BCUT2D eigenvalue weighted by Crippen LogP contribution is 2.36. The SMILES string of the molecule is CC(C)(C)C(F)(F)F.CCCC(=O)CC(C)(C)O.CCCCC(C)=Nc1ccc(C(F)(F)F)nc1C. The summed E-state index contributed by atoms with van der Waals surface area (Å²) in [6, 6.07) is 2.35. The van der Waals surface area contributed by atoms with Gasteiger partial charge in [0.25, 0.3) is 0 Å². The lowest BCUT2D eigenvalue weighted by Gasteiger charge is -2.21. The molecule has 0 unspecified atom stereocenters. The van der Waals surface area contributed by atoms with Gasteiger partial charge in [-0.05, 0) is 59.1 Å². The Hall–Kier alpha value is -1.97. The number of carbonyl (C=O) groups excluding carboxylic acids is 1. The molecule has 0 aliphatic heterocycles. The van der Waals surface area contributed by atoms with E-state index in [1.807, 2.05) is 13.8 Å². The van der Waals surface area contributed by atoms with Gasteiger partial charge in [0.1, 0.15) is 11.5 Å². The average Bonchev–Trinajstić information content (AvgIpc) is 2.65. The number of carbonyl (C=O) groups is 1. The number of Topliss-reactive ketones (excluding diaryl/α,β-unsaturated/α-hetero) is 1. The van der Waals surface area contributed by atoms with E-state index in [0.29, 0.717) is 17.8 Å². The molecule has 0 bridgehead atoms. The fraction of sp³-hybridized carbons (Fsp3) is 0.731. The van der Waals surface area contributed by atoms with Crippen LogP contribution in [0.2, 0.25) is 0 Å². The maximum absolute atomic E-state index is 12.4. The van der Waals surface area contributed by atoms with E-state index < -0.39 is 29.1 Å². The molecule has 0 atom stereocenters. The van der Waals surface area contributed by atoms with Gasteiger partial charge in [-0.1, -0.05) is 41.0 Å². The normalized spacial score (nSPS) is 12.8. The molecule has 1 aromatic rings. The minimum absolute atomic E-state index is 0.148. The second-order valence-corrected chi connectivity index (χ2v) is 10.3. The Morgan fingerprint density at radius 3 is 1.78 bits per heavy atom. The van der Waals surface area contributed by atoms with Crippen molar-refractivity contribution in [3.05, 3.63) is 23.5 Å². The van der Waals surface area contributed by atoms with Crippen molar-refractivity contribution >= 4 is 17.2 Å². The lowest BCUT2D eigenvalue weighted by Crippen LogP contribution is -2.28. The molecule has 1 N–H and O–H groups in total. The van der Waals surface area contributed by atoms with Crippen LogP contribution in [0.15, 0.2) is 17.1 Å². The summed E-state index contributed by atoms with van der Waals surface area (Å²) in [4.78, 5) is 18.8. The van der Waals surface area contributed by atoms with Crippen LogP contribution < -0.4 is 0 Å². The summed E-state index contributed by atoms with van der Waals surface area (Å²) < 4.78 is 72.0. The van der Waals surface area contributed by atoms with E-state index in [0.717, 1.165) is 58.2 Å². The number of nitrogens with zero attached hydrogens (tertiary/aromatic N) is 2. The van der Waals surface area contributed by atoms with Crippen molar-refractivity contribution in [1.29, 1.82) is 0 Å². The van der Waals surface area contributed by atoms with Crippen LogP contribution in [-0.2, 0) is 11.0 Å². The predicted octanol–water partition coefficient (Wildman–Crippen LogP) is 8.80. The summed E-state index contributed by atoms with van der Waals surface area (Å²) >= 11 is 0. The lowest BCUT2D eigenvalue weighted by molar-refractivity contribution is -0.204. The van der Waals surface area contributed by atoms with Gasteiger partial charge in [0.15, 0.2) is 0 Å². The van der Waals surface area contributed by atoms with E-state index in [4.69, 9.17) is 0 Å². The van der Waals surface area contributed by atoms with Crippen molar-refractivity contribution in [1.82, 2.24) is 4.98 Å². The van der Waals surface area contributed by atoms with Crippen LogP contribution in [0.25, 0.3) is 0 Å². The average molecular weight is 529 g/mol. The Bertz CT molecular complexity index is 806. The molecule has 1 aromatic heterocycles. The first kappa shape index (κ1) is 36.2. The van der Waals surface area contributed by atoms with E-state index in [1.54, 1.807) is 20.8 Å². The van der Waals surface area contributed by atoms with Gasteiger partial charge < -0.3 is 5.11 Å². The summed E-state index contributed by atoms with van der Waals surface area (Å²) in [5, 5.41) is 9.19. The molecule has 0 aliphatic rings. The van der Waals surface area contributed by atoms with E-state index in [2.05, 4.69) is 16.9 Å². The van der Waals surface area contributed by atoms with Gasteiger partial charge in [-0.25, -0.2) is 4.98 Å². The molecule has 10 heteroatoms. The van der Waals surface area contributed by atoms with Gasteiger partial charge in [-0.3, -0.25) is 9.79 Å². The van der Waals surface area contributed by atoms with Crippen LogP contribution in [0.3, 0.4) is 0 Å². The van der Waals surface area contributed by atoms with Crippen LogP contribution in [0.5, 0.6) is 0 Å². The number of aromatic nitrogens is 1. The Balaban J connectivity index is 0. The second-order valence-electron chi connectivity index (χ2n) is 10.3. The largest absolute Gasteiger partial charge is 0.433 e. The van der Waals surface area contributed by atoms with Crippen molar-refractivity contribution in [3.8, 4) is 0 Å². The molecule has 0 aromatic carbocycles. The molecular formula is C26H42F6N2O2. The number of ketones is 1. The highest BCUT2D eigenvalue weighted by Gasteiger charge is 2.42.